The van der Waals surface area contributed by atoms with Crippen molar-refractivity contribution in [3.05, 3.63) is 35.9 Å². The summed E-state index contributed by atoms with van der Waals surface area (Å²) in [4.78, 5) is 17.4. The van der Waals surface area contributed by atoms with Gasteiger partial charge in [-0.2, -0.15) is 0 Å². The molecule has 4 rings (SSSR count). The number of nitrogens with two attached hydrogens (primary N) is 1. The second-order valence-electron chi connectivity index (χ2n) is 7.00. The smallest absolute Gasteiger partial charge is 0.261 e. The molecule has 1 aromatic heterocycles. The molecule has 0 bridgehead atoms. The van der Waals surface area contributed by atoms with Gasteiger partial charge >= 0.3 is 0 Å². The maximum absolute atomic E-state index is 13.5. The van der Waals surface area contributed by atoms with Crippen molar-refractivity contribution in [1.82, 2.24) is 10.1 Å². The molecule has 2 fully saturated rings. The van der Waals surface area contributed by atoms with Crippen molar-refractivity contribution in [2.75, 3.05) is 57.4 Å². The van der Waals surface area contributed by atoms with Gasteiger partial charge in [0.05, 0.1) is 25.9 Å². The number of nitrogens with zero attached hydrogens (tertiary/aromatic N) is 3. The minimum atomic E-state index is -0.0769. The summed E-state index contributed by atoms with van der Waals surface area (Å²) in [7, 11) is 0. The van der Waals surface area contributed by atoms with E-state index < -0.39 is 0 Å². The van der Waals surface area contributed by atoms with Crippen LogP contribution in [0.5, 0.6) is 0 Å². The molecule has 3 heterocycles. The van der Waals surface area contributed by atoms with Crippen molar-refractivity contribution in [2.45, 2.75) is 12.5 Å². The summed E-state index contributed by atoms with van der Waals surface area (Å²) < 4.78 is 16.9. The molecule has 2 N–H and O–H groups in total. The third-order valence-corrected chi connectivity index (χ3v) is 5.15. The Morgan fingerprint density at radius 3 is 2.62 bits per heavy atom. The van der Waals surface area contributed by atoms with Crippen molar-refractivity contribution in [3.8, 4) is 11.3 Å². The van der Waals surface area contributed by atoms with Gasteiger partial charge in [-0.25, -0.2) is 0 Å². The normalized spacial score (nSPS) is 19.7. The molecule has 2 saturated heterocycles. The van der Waals surface area contributed by atoms with Gasteiger partial charge in [-0.15, -0.1) is 12.4 Å². The van der Waals surface area contributed by atoms with E-state index in [2.05, 4.69) is 10.1 Å². The van der Waals surface area contributed by atoms with E-state index in [-0.39, 0.29) is 24.4 Å². The average molecular weight is 423 g/mol. The maximum atomic E-state index is 13.5. The van der Waals surface area contributed by atoms with E-state index in [0.29, 0.717) is 69.7 Å². The van der Waals surface area contributed by atoms with Gasteiger partial charge in [-0.05, 0) is 13.0 Å². The SMILES string of the molecule is Cl.NCCC1CN(C(=O)c2c(N3CCOCC3)noc2-c2ccccc2)CCO1. The number of aromatic nitrogens is 1. The van der Waals surface area contributed by atoms with E-state index in [1.807, 2.05) is 35.2 Å². The summed E-state index contributed by atoms with van der Waals surface area (Å²) >= 11 is 0. The van der Waals surface area contributed by atoms with Gasteiger partial charge < -0.3 is 29.5 Å². The minimum absolute atomic E-state index is 0. The number of amides is 1. The van der Waals surface area contributed by atoms with E-state index in [1.54, 1.807) is 0 Å². The number of benzene rings is 1. The zero-order valence-electron chi connectivity index (χ0n) is 16.3. The molecule has 0 radical (unpaired) electrons. The van der Waals surface area contributed by atoms with Crippen LogP contribution in [-0.2, 0) is 9.47 Å². The third-order valence-electron chi connectivity index (χ3n) is 5.15. The summed E-state index contributed by atoms with van der Waals surface area (Å²) in [6.45, 7) is 4.69. The highest BCUT2D eigenvalue weighted by molar-refractivity contribution is 6.04. The summed E-state index contributed by atoms with van der Waals surface area (Å²) in [6.07, 6.45) is 0.699. The molecule has 0 spiro atoms. The van der Waals surface area contributed by atoms with E-state index >= 15 is 0 Å². The van der Waals surface area contributed by atoms with Crippen LogP contribution in [0.25, 0.3) is 11.3 Å². The fourth-order valence-electron chi connectivity index (χ4n) is 3.67. The fourth-order valence-corrected chi connectivity index (χ4v) is 3.67. The quantitative estimate of drug-likeness (QED) is 0.784. The fraction of sp³-hybridized carbons (Fsp3) is 0.500. The molecular formula is C20H27ClN4O4. The number of carbonyl (C=O) groups is 1. The third kappa shape index (κ3) is 4.72. The highest BCUT2D eigenvalue weighted by Crippen LogP contribution is 2.33. The van der Waals surface area contributed by atoms with Crippen molar-refractivity contribution in [3.63, 3.8) is 0 Å². The number of morpholine rings is 2. The van der Waals surface area contributed by atoms with Crippen molar-refractivity contribution in [2.24, 2.45) is 5.73 Å². The van der Waals surface area contributed by atoms with Gasteiger partial charge in [-0.1, -0.05) is 35.5 Å². The Morgan fingerprint density at radius 1 is 1.14 bits per heavy atom. The minimum Gasteiger partial charge on any atom is -0.378 e. The van der Waals surface area contributed by atoms with Gasteiger partial charge in [0.2, 0.25) is 0 Å². The first kappa shape index (κ1) is 21.6. The molecule has 8 nitrogen and oxygen atoms in total. The van der Waals surface area contributed by atoms with Gasteiger partial charge in [0.15, 0.2) is 11.6 Å². The zero-order valence-corrected chi connectivity index (χ0v) is 17.1. The van der Waals surface area contributed by atoms with Gasteiger partial charge in [0.1, 0.15) is 5.56 Å². The topological polar surface area (TPSA) is 94.1 Å². The Labute approximate surface area is 176 Å². The van der Waals surface area contributed by atoms with Crippen LogP contribution in [0, 0.1) is 0 Å². The van der Waals surface area contributed by atoms with Crippen LogP contribution in [0.3, 0.4) is 0 Å². The van der Waals surface area contributed by atoms with Crippen LogP contribution in [0.4, 0.5) is 5.82 Å². The predicted octanol–water partition coefficient (Wildman–Crippen LogP) is 1.79. The largest absolute Gasteiger partial charge is 0.378 e. The number of hydrogen-bond donors (Lipinski definition) is 1. The summed E-state index contributed by atoms with van der Waals surface area (Å²) in [5.74, 6) is 1.02. The molecule has 2 aromatic rings. The van der Waals surface area contributed by atoms with Crippen LogP contribution in [0.15, 0.2) is 34.9 Å². The van der Waals surface area contributed by atoms with E-state index in [9.17, 15) is 4.79 Å². The van der Waals surface area contributed by atoms with Crippen LogP contribution in [0.2, 0.25) is 0 Å². The van der Waals surface area contributed by atoms with E-state index in [1.165, 1.54) is 0 Å². The highest BCUT2D eigenvalue weighted by Gasteiger charge is 2.33. The number of halogens is 1. The molecule has 1 amide bonds. The van der Waals surface area contributed by atoms with Crippen molar-refractivity contribution >= 4 is 24.1 Å². The molecule has 2 aliphatic rings. The van der Waals surface area contributed by atoms with Crippen LogP contribution in [-0.4, -0.2) is 74.6 Å². The number of ether oxygens (including phenoxy) is 2. The Morgan fingerprint density at radius 2 is 1.90 bits per heavy atom. The lowest BCUT2D eigenvalue weighted by Crippen LogP contribution is -2.46. The van der Waals surface area contributed by atoms with E-state index in [4.69, 9.17) is 19.7 Å². The summed E-state index contributed by atoms with van der Waals surface area (Å²) in [5, 5.41) is 4.28. The van der Waals surface area contributed by atoms with Gasteiger partial charge in [-0.3, -0.25) is 4.79 Å². The number of anilines is 1. The molecule has 9 heteroatoms. The lowest BCUT2D eigenvalue weighted by Gasteiger charge is -2.33. The molecule has 158 valence electrons. The van der Waals surface area contributed by atoms with Gasteiger partial charge in [0.25, 0.3) is 5.91 Å². The first-order chi connectivity index (χ1) is 13.8. The standard InChI is InChI=1S/C20H26N4O4.ClH/c21-7-6-16-14-24(10-13-27-16)20(25)17-18(15-4-2-1-3-5-15)28-22-19(17)23-8-11-26-12-9-23;/h1-5,16H,6-14,21H2;1H. The molecule has 0 saturated carbocycles. The average Bonchev–Trinajstić information content (AvgIpc) is 3.20. The maximum Gasteiger partial charge on any atom is 0.261 e. The number of carbonyl (C=O) groups excluding carboxylic acids is 1. The molecule has 29 heavy (non-hydrogen) atoms. The molecule has 1 unspecified atom stereocenters. The first-order valence-corrected chi connectivity index (χ1v) is 9.76. The number of rotatable bonds is 5. The lowest BCUT2D eigenvalue weighted by atomic mass is 10.1. The summed E-state index contributed by atoms with van der Waals surface area (Å²) in [6, 6.07) is 9.64. The van der Waals surface area contributed by atoms with Crippen LogP contribution < -0.4 is 10.6 Å². The first-order valence-electron chi connectivity index (χ1n) is 9.76. The zero-order chi connectivity index (χ0) is 19.3. The van der Waals surface area contributed by atoms with Crippen molar-refractivity contribution in [1.29, 1.82) is 0 Å². The second kappa shape index (κ2) is 10.1. The Balaban J connectivity index is 0.00000240. The van der Waals surface area contributed by atoms with Crippen LogP contribution in [0.1, 0.15) is 16.8 Å². The molecule has 1 atom stereocenters. The molecule has 2 aliphatic heterocycles. The Hall–Kier alpha value is -2.13. The molecular weight excluding hydrogens is 396 g/mol. The molecule has 1 aromatic carbocycles. The number of hydrogen-bond acceptors (Lipinski definition) is 7. The van der Waals surface area contributed by atoms with Crippen molar-refractivity contribution < 1.29 is 18.8 Å². The molecule has 0 aliphatic carbocycles. The lowest BCUT2D eigenvalue weighted by molar-refractivity contribution is -0.0236. The second-order valence-corrected chi connectivity index (χ2v) is 7.00. The monoisotopic (exact) mass is 422 g/mol. The van der Waals surface area contributed by atoms with Crippen LogP contribution >= 0.6 is 12.4 Å². The summed E-state index contributed by atoms with van der Waals surface area (Å²) in [5.41, 5.74) is 7.02. The van der Waals surface area contributed by atoms with E-state index in [0.717, 1.165) is 12.0 Å². The predicted molar refractivity (Wildman–Crippen MR) is 112 cm³/mol. The highest BCUT2D eigenvalue weighted by atomic mass is 35.5. The Kier molecular flexibility index (Phi) is 7.49. The Bertz CT molecular complexity index is 793. The van der Waals surface area contributed by atoms with Gasteiger partial charge in [0, 0.05) is 31.7 Å².